The van der Waals surface area contributed by atoms with Gasteiger partial charge < -0.3 is 9.30 Å². The highest BCUT2D eigenvalue weighted by atomic mass is 32.1. The van der Waals surface area contributed by atoms with E-state index >= 15 is 0 Å². The van der Waals surface area contributed by atoms with Crippen molar-refractivity contribution >= 4 is 41.2 Å². The second kappa shape index (κ2) is 7.63. The molecule has 150 valence electrons. The Morgan fingerprint density at radius 2 is 1.86 bits per heavy atom. The lowest BCUT2D eigenvalue weighted by Gasteiger charge is -2.25. The van der Waals surface area contributed by atoms with E-state index in [1.54, 1.807) is 18.2 Å². The zero-order valence-electron chi connectivity index (χ0n) is 16.8. The summed E-state index contributed by atoms with van der Waals surface area (Å²) in [5, 5.41) is 2.59. The number of benzene rings is 1. The predicted octanol–water partition coefficient (Wildman–Crippen LogP) is 2.45. The lowest BCUT2D eigenvalue weighted by Crippen LogP contribution is -2.52. The molecule has 0 bridgehead atoms. The van der Waals surface area contributed by atoms with Gasteiger partial charge in [0.25, 0.3) is 11.8 Å². The number of hydrogen-bond acceptors (Lipinski definition) is 5. The summed E-state index contributed by atoms with van der Waals surface area (Å²) in [6.07, 6.45) is 1.56. The predicted molar refractivity (Wildman–Crippen MR) is 113 cm³/mol. The normalized spacial score (nSPS) is 15.7. The summed E-state index contributed by atoms with van der Waals surface area (Å²) in [5.74, 6) is -1.39. The van der Waals surface area contributed by atoms with Crippen molar-refractivity contribution in [1.29, 1.82) is 0 Å². The zero-order chi connectivity index (χ0) is 21.5. The number of methoxy groups -OCH3 is 1. The van der Waals surface area contributed by atoms with Gasteiger partial charge in [-0.25, -0.2) is 4.79 Å². The number of aromatic nitrogens is 1. The standard InChI is InChI=1S/C21H21N3O4S/c1-11-6-7-14(20(27)28-5)10-17(11)24-12(2)8-15(13(24)3)9-16-18(25)22-21(29)23(4)19(16)26/h6-10H,1-5H3,(H,22,25,29)/b16-9+. The van der Waals surface area contributed by atoms with E-state index in [0.717, 1.165) is 28.2 Å². The molecule has 1 fully saturated rings. The summed E-state index contributed by atoms with van der Waals surface area (Å²) in [7, 11) is 2.86. The molecular formula is C21H21N3O4S. The van der Waals surface area contributed by atoms with Crippen molar-refractivity contribution in [3.8, 4) is 5.69 Å². The number of amides is 2. The number of likely N-dealkylation sites (N-methyl/N-ethyl adjacent to an activating group) is 1. The van der Waals surface area contributed by atoms with Gasteiger partial charge in [0, 0.05) is 24.1 Å². The number of hydrogen-bond donors (Lipinski definition) is 1. The Morgan fingerprint density at radius 1 is 1.17 bits per heavy atom. The maximum Gasteiger partial charge on any atom is 0.337 e. The van der Waals surface area contributed by atoms with Crippen LogP contribution in [0.5, 0.6) is 0 Å². The molecule has 1 saturated heterocycles. The van der Waals surface area contributed by atoms with E-state index in [0.29, 0.717) is 5.56 Å². The smallest absolute Gasteiger partial charge is 0.337 e. The molecule has 0 aliphatic carbocycles. The van der Waals surface area contributed by atoms with E-state index in [2.05, 4.69) is 5.32 Å². The van der Waals surface area contributed by atoms with Crippen LogP contribution in [0.1, 0.15) is 32.9 Å². The minimum atomic E-state index is -0.522. The Kier molecular flexibility index (Phi) is 5.39. The highest BCUT2D eigenvalue weighted by Crippen LogP contribution is 2.26. The highest BCUT2D eigenvalue weighted by molar-refractivity contribution is 7.80. The Balaban J connectivity index is 2.11. The van der Waals surface area contributed by atoms with Gasteiger partial charge in [-0.2, -0.15) is 0 Å². The third-order valence-electron chi connectivity index (χ3n) is 4.95. The van der Waals surface area contributed by atoms with Crippen LogP contribution in [0.2, 0.25) is 0 Å². The van der Waals surface area contributed by atoms with Gasteiger partial charge in [0.1, 0.15) is 5.57 Å². The van der Waals surface area contributed by atoms with E-state index in [4.69, 9.17) is 17.0 Å². The van der Waals surface area contributed by atoms with Gasteiger partial charge in [-0.05, 0) is 68.4 Å². The number of thiocarbonyl (C=S) groups is 1. The summed E-state index contributed by atoms with van der Waals surface area (Å²) in [4.78, 5) is 37.9. The quantitative estimate of drug-likeness (QED) is 0.363. The number of ether oxygens (including phenoxy) is 1. The lowest BCUT2D eigenvalue weighted by atomic mass is 10.1. The van der Waals surface area contributed by atoms with Gasteiger partial charge in [0.15, 0.2) is 5.11 Å². The molecule has 1 aromatic carbocycles. The van der Waals surface area contributed by atoms with Gasteiger partial charge in [-0.1, -0.05) is 6.07 Å². The number of carbonyl (C=O) groups is 3. The second-order valence-electron chi connectivity index (χ2n) is 6.84. The molecule has 2 amide bonds. The van der Waals surface area contributed by atoms with Gasteiger partial charge >= 0.3 is 5.97 Å². The molecule has 0 saturated carbocycles. The Bertz CT molecular complexity index is 1100. The molecule has 1 aliphatic heterocycles. The van der Waals surface area contributed by atoms with Crippen LogP contribution in [0, 0.1) is 20.8 Å². The average molecular weight is 411 g/mol. The van der Waals surface area contributed by atoms with Crippen LogP contribution < -0.4 is 5.32 Å². The van der Waals surface area contributed by atoms with Crippen LogP contribution in [-0.4, -0.2) is 46.5 Å². The maximum atomic E-state index is 12.5. The molecule has 0 unspecified atom stereocenters. The summed E-state index contributed by atoms with van der Waals surface area (Å²) in [6, 6.07) is 7.22. The molecule has 1 aliphatic rings. The van der Waals surface area contributed by atoms with E-state index in [1.165, 1.54) is 19.1 Å². The fourth-order valence-corrected chi connectivity index (χ4v) is 3.48. The van der Waals surface area contributed by atoms with Crippen molar-refractivity contribution in [2.75, 3.05) is 14.2 Å². The molecule has 1 aromatic heterocycles. The molecule has 2 heterocycles. The monoisotopic (exact) mass is 411 g/mol. The minimum absolute atomic E-state index is 0.0152. The number of rotatable bonds is 3. The van der Waals surface area contributed by atoms with E-state index in [9.17, 15) is 14.4 Å². The molecular weight excluding hydrogens is 390 g/mol. The minimum Gasteiger partial charge on any atom is -0.465 e. The first-order valence-corrected chi connectivity index (χ1v) is 9.30. The number of carbonyl (C=O) groups excluding carboxylic acids is 3. The van der Waals surface area contributed by atoms with Crippen LogP contribution in [0.4, 0.5) is 0 Å². The molecule has 3 rings (SSSR count). The third kappa shape index (κ3) is 3.58. The molecule has 7 nitrogen and oxygen atoms in total. The summed E-state index contributed by atoms with van der Waals surface area (Å²) < 4.78 is 6.80. The SMILES string of the molecule is COC(=O)c1ccc(C)c(-n2c(C)cc(/C=C3\C(=O)NC(=S)N(C)C3=O)c2C)c1. The topological polar surface area (TPSA) is 80.6 Å². The van der Waals surface area contributed by atoms with Gasteiger partial charge in [-0.3, -0.25) is 19.8 Å². The molecule has 0 spiro atoms. The van der Waals surface area contributed by atoms with Crippen molar-refractivity contribution < 1.29 is 19.1 Å². The number of aryl methyl sites for hydroxylation is 2. The van der Waals surface area contributed by atoms with Crippen LogP contribution in [-0.2, 0) is 14.3 Å². The molecule has 8 heteroatoms. The largest absolute Gasteiger partial charge is 0.465 e. The fraction of sp³-hybridized carbons (Fsp3) is 0.238. The van der Waals surface area contributed by atoms with E-state index in [-0.39, 0.29) is 10.7 Å². The zero-order valence-corrected chi connectivity index (χ0v) is 17.6. The van der Waals surface area contributed by atoms with Crippen molar-refractivity contribution in [2.45, 2.75) is 20.8 Å². The highest BCUT2D eigenvalue weighted by Gasteiger charge is 2.31. The van der Waals surface area contributed by atoms with Crippen molar-refractivity contribution in [3.05, 3.63) is 57.9 Å². The Labute approximate surface area is 173 Å². The Morgan fingerprint density at radius 3 is 2.52 bits per heavy atom. The van der Waals surface area contributed by atoms with Gasteiger partial charge in [0.2, 0.25) is 0 Å². The van der Waals surface area contributed by atoms with Crippen molar-refractivity contribution in [3.63, 3.8) is 0 Å². The summed E-state index contributed by atoms with van der Waals surface area (Å²) in [5.41, 5.74) is 4.70. The van der Waals surface area contributed by atoms with Gasteiger partial charge in [0.05, 0.1) is 12.7 Å². The lowest BCUT2D eigenvalue weighted by molar-refractivity contribution is -0.128. The first-order chi connectivity index (χ1) is 13.6. The molecule has 0 atom stereocenters. The van der Waals surface area contributed by atoms with Crippen molar-refractivity contribution in [2.24, 2.45) is 0 Å². The average Bonchev–Trinajstić information content (AvgIpc) is 2.96. The second-order valence-corrected chi connectivity index (χ2v) is 7.22. The van der Waals surface area contributed by atoms with Crippen molar-refractivity contribution in [1.82, 2.24) is 14.8 Å². The maximum absolute atomic E-state index is 12.5. The molecule has 2 aromatic rings. The first-order valence-electron chi connectivity index (χ1n) is 8.89. The van der Waals surface area contributed by atoms with Crippen LogP contribution >= 0.6 is 12.2 Å². The van der Waals surface area contributed by atoms with E-state index in [1.807, 2.05) is 37.5 Å². The summed E-state index contributed by atoms with van der Waals surface area (Å²) in [6.45, 7) is 5.76. The summed E-state index contributed by atoms with van der Waals surface area (Å²) >= 11 is 4.98. The number of nitrogens with zero attached hydrogens (tertiary/aromatic N) is 2. The number of esters is 1. The van der Waals surface area contributed by atoms with Crippen LogP contribution in [0.3, 0.4) is 0 Å². The Hall–Kier alpha value is -3.26. The molecule has 29 heavy (non-hydrogen) atoms. The fourth-order valence-electron chi connectivity index (χ4n) is 3.30. The first kappa shape index (κ1) is 20.5. The van der Waals surface area contributed by atoms with Crippen LogP contribution in [0.15, 0.2) is 29.8 Å². The third-order valence-corrected chi connectivity index (χ3v) is 5.32. The number of nitrogens with one attached hydrogen (secondary N) is 1. The molecule has 1 N–H and O–H groups in total. The van der Waals surface area contributed by atoms with E-state index < -0.39 is 17.8 Å². The van der Waals surface area contributed by atoms with Gasteiger partial charge in [-0.15, -0.1) is 0 Å². The molecule has 0 radical (unpaired) electrons. The van der Waals surface area contributed by atoms with Crippen LogP contribution in [0.25, 0.3) is 11.8 Å².